The summed E-state index contributed by atoms with van der Waals surface area (Å²) in [6.07, 6.45) is 9.89. The van der Waals surface area contributed by atoms with Crippen LogP contribution in [0.5, 0.6) is 0 Å². The van der Waals surface area contributed by atoms with Crippen molar-refractivity contribution in [2.24, 2.45) is 11.8 Å². The number of pyridine rings is 1. The normalized spacial score (nSPS) is 15.3. The monoisotopic (exact) mass is 582 g/mol. The Morgan fingerprint density at radius 1 is 1.00 bits per heavy atom. The van der Waals surface area contributed by atoms with Crippen LogP contribution >= 0.6 is 0 Å². The number of benzene rings is 2. The zero-order valence-electron chi connectivity index (χ0n) is 25.2. The van der Waals surface area contributed by atoms with E-state index in [4.69, 9.17) is 0 Å². The van der Waals surface area contributed by atoms with Gasteiger partial charge in [-0.1, -0.05) is 50.1 Å². The van der Waals surface area contributed by atoms with Gasteiger partial charge < -0.3 is 20.2 Å². The maximum Gasteiger partial charge on any atom is 0.305 e. The largest absolute Gasteiger partial charge is 0.481 e. The first-order valence-corrected chi connectivity index (χ1v) is 15.5. The maximum absolute atomic E-state index is 13.5. The number of nitrogens with one attached hydrogen (secondary N) is 1. The molecule has 1 heterocycles. The molecule has 43 heavy (non-hydrogen) atoms. The van der Waals surface area contributed by atoms with Crippen molar-refractivity contribution in [3.05, 3.63) is 78.1 Å². The van der Waals surface area contributed by atoms with Crippen LogP contribution in [0.4, 0.5) is 11.4 Å². The van der Waals surface area contributed by atoms with Crippen molar-refractivity contribution in [2.45, 2.75) is 70.9 Å². The number of carbonyl (C=O) groups is 3. The molecule has 0 bridgehead atoms. The number of hydrogen-bond acceptors (Lipinski definition) is 5. The van der Waals surface area contributed by atoms with E-state index in [1.165, 1.54) is 0 Å². The van der Waals surface area contributed by atoms with Crippen LogP contribution in [0, 0.1) is 11.8 Å². The lowest BCUT2D eigenvalue weighted by Gasteiger charge is -2.32. The number of rotatable bonds is 14. The number of nitrogens with zero attached hydrogens (tertiary/aromatic N) is 3. The van der Waals surface area contributed by atoms with Crippen molar-refractivity contribution < 1.29 is 19.5 Å². The number of carboxylic acid groups (broad SMARTS) is 1. The van der Waals surface area contributed by atoms with Crippen LogP contribution in [-0.4, -0.2) is 46.4 Å². The standard InChI is InChI=1S/C35H42N4O4/c1-3-4-18-38(2)31-16-15-28(20-30(31)37-34(42)25-9-6-10-25)27-11-5-8-24(19-27)23-39(35(43)26-13-14-26)32(21-33(40)41)29-12-7-17-36-22-29/h5,7-8,11-12,15-17,19-20,22,25-26,32H,3-4,6,9-10,13-14,18,21,23H2,1-2H3,(H,37,42)(H,40,41). The molecule has 8 heteroatoms. The van der Waals surface area contributed by atoms with Crippen LogP contribution in [0.15, 0.2) is 67.0 Å². The molecule has 2 fully saturated rings. The Morgan fingerprint density at radius 3 is 2.44 bits per heavy atom. The van der Waals surface area contributed by atoms with Crippen molar-refractivity contribution >= 4 is 29.2 Å². The van der Waals surface area contributed by atoms with Crippen molar-refractivity contribution in [1.82, 2.24) is 9.88 Å². The van der Waals surface area contributed by atoms with Crippen LogP contribution in [0.2, 0.25) is 0 Å². The minimum atomic E-state index is -0.961. The second kappa shape index (κ2) is 13.8. The quantitative estimate of drug-likeness (QED) is 0.220. The number of aliphatic carboxylic acids is 1. The zero-order valence-corrected chi connectivity index (χ0v) is 25.2. The molecule has 2 saturated carbocycles. The van der Waals surface area contributed by atoms with E-state index in [1.54, 1.807) is 23.4 Å². The summed E-state index contributed by atoms with van der Waals surface area (Å²) >= 11 is 0. The molecule has 2 aliphatic carbocycles. The van der Waals surface area contributed by atoms with Crippen molar-refractivity contribution in [2.75, 3.05) is 23.8 Å². The fraction of sp³-hybridized carbons (Fsp3) is 0.429. The lowest BCUT2D eigenvalue weighted by atomic mass is 9.85. The summed E-state index contributed by atoms with van der Waals surface area (Å²) in [5, 5.41) is 13.0. The predicted octanol–water partition coefficient (Wildman–Crippen LogP) is 6.68. The molecule has 5 rings (SSSR count). The molecular weight excluding hydrogens is 540 g/mol. The summed E-state index contributed by atoms with van der Waals surface area (Å²) in [4.78, 5) is 46.5. The van der Waals surface area contributed by atoms with Crippen molar-refractivity contribution in [1.29, 1.82) is 0 Å². The maximum atomic E-state index is 13.5. The minimum absolute atomic E-state index is 0.0130. The number of amides is 2. The van der Waals surface area contributed by atoms with Gasteiger partial charge in [0.15, 0.2) is 0 Å². The summed E-state index contributed by atoms with van der Waals surface area (Å²) in [7, 11) is 2.06. The highest BCUT2D eigenvalue weighted by atomic mass is 16.4. The van der Waals surface area contributed by atoms with Crippen LogP contribution in [0.1, 0.15) is 75.5 Å². The second-order valence-electron chi connectivity index (χ2n) is 12.0. The molecule has 1 atom stereocenters. The highest BCUT2D eigenvalue weighted by molar-refractivity contribution is 5.97. The van der Waals surface area contributed by atoms with Crippen LogP contribution < -0.4 is 10.2 Å². The molecule has 0 radical (unpaired) electrons. The van der Waals surface area contributed by atoms with Gasteiger partial charge in [0.05, 0.1) is 23.8 Å². The smallest absolute Gasteiger partial charge is 0.305 e. The number of unbranched alkanes of at least 4 members (excludes halogenated alkanes) is 1. The van der Waals surface area contributed by atoms with Gasteiger partial charge in [0.25, 0.3) is 0 Å². The molecule has 1 aromatic heterocycles. The fourth-order valence-electron chi connectivity index (χ4n) is 5.67. The first-order valence-electron chi connectivity index (χ1n) is 15.5. The van der Waals surface area contributed by atoms with Crippen LogP contribution in [-0.2, 0) is 20.9 Å². The van der Waals surface area contributed by atoms with E-state index in [0.717, 1.165) is 79.6 Å². The summed E-state index contributed by atoms with van der Waals surface area (Å²) in [5.74, 6) is -0.876. The summed E-state index contributed by atoms with van der Waals surface area (Å²) in [6, 6.07) is 17.2. The van der Waals surface area contributed by atoms with Gasteiger partial charge in [-0.25, -0.2) is 0 Å². The Hall–Kier alpha value is -4.20. The van der Waals surface area contributed by atoms with Crippen LogP contribution in [0.25, 0.3) is 11.1 Å². The number of hydrogen-bond donors (Lipinski definition) is 2. The lowest BCUT2D eigenvalue weighted by molar-refractivity contribution is -0.142. The van der Waals surface area contributed by atoms with Gasteiger partial charge in [-0.05, 0) is 78.6 Å². The average Bonchev–Trinajstić information content (AvgIpc) is 3.83. The highest BCUT2D eigenvalue weighted by Gasteiger charge is 2.37. The Balaban J connectivity index is 1.45. The van der Waals surface area contributed by atoms with Crippen molar-refractivity contribution in [3.63, 3.8) is 0 Å². The Morgan fingerprint density at radius 2 is 1.79 bits per heavy atom. The molecule has 2 aromatic carbocycles. The van der Waals surface area contributed by atoms with Gasteiger partial charge in [-0.2, -0.15) is 0 Å². The SMILES string of the molecule is CCCCN(C)c1ccc(-c2cccc(CN(C(=O)C3CC3)C(CC(=O)O)c3cccnc3)c2)cc1NC(=O)C1CCC1. The van der Waals surface area contributed by atoms with Gasteiger partial charge >= 0.3 is 5.97 Å². The second-order valence-corrected chi connectivity index (χ2v) is 12.0. The van der Waals surface area contributed by atoms with Gasteiger partial charge in [0.1, 0.15) is 0 Å². The van der Waals surface area contributed by atoms with E-state index in [9.17, 15) is 19.5 Å². The number of carboxylic acids is 1. The summed E-state index contributed by atoms with van der Waals surface area (Å²) < 4.78 is 0. The molecule has 0 aliphatic heterocycles. The molecule has 3 aromatic rings. The molecule has 8 nitrogen and oxygen atoms in total. The third-order valence-electron chi connectivity index (χ3n) is 8.62. The molecule has 226 valence electrons. The van der Waals surface area contributed by atoms with E-state index in [1.807, 2.05) is 30.3 Å². The van der Waals surface area contributed by atoms with E-state index in [2.05, 4.69) is 47.4 Å². The number of carbonyl (C=O) groups excluding carboxylic acids is 2. The Kier molecular flexibility index (Phi) is 9.75. The number of aromatic nitrogens is 1. The Bertz CT molecular complexity index is 1430. The van der Waals surface area contributed by atoms with E-state index < -0.39 is 12.0 Å². The van der Waals surface area contributed by atoms with E-state index in [-0.39, 0.29) is 30.1 Å². The van der Waals surface area contributed by atoms with Gasteiger partial charge in [0.2, 0.25) is 11.8 Å². The molecular formula is C35H42N4O4. The van der Waals surface area contributed by atoms with E-state index >= 15 is 0 Å². The molecule has 0 spiro atoms. The van der Waals surface area contributed by atoms with Gasteiger partial charge in [0, 0.05) is 44.4 Å². The predicted molar refractivity (Wildman–Crippen MR) is 169 cm³/mol. The summed E-state index contributed by atoms with van der Waals surface area (Å²) in [6.45, 7) is 3.36. The number of anilines is 2. The summed E-state index contributed by atoms with van der Waals surface area (Å²) in [5.41, 5.74) is 5.36. The lowest BCUT2D eigenvalue weighted by Crippen LogP contribution is -2.36. The molecule has 0 saturated heterocycles. The zero-order chi connectivity index (χ0) is 30.3. The topological polar surface area (TPSA) is 103 Å². The third-order valence-corrected chi connectivity index (χ3v) is 8.62. The first kappa shape index (κ1) is 30.3. The third kappa shape index (κ3) is 7.61. The Labute approximate surface area is 254 Å². The van der Waals surface area contributed by atoms with E-state index in [0.29, 0.717) is 12.1 Å². The molecule has 1 unspecified atom stereocenters. The van der Waals surface area contributed by atoms with Crippen LogP contribution in [0.3, 0.4) is 0 Å². The fourth-order valence-corrected chi connectivity index (χ4v) is 5.67. The van der Waals surface area contributed by atoms with Gasteiger partial charge in [-0.15, -0.1) is 0 Å². The molecule has 2 amide bonds. The highest BCUT2D eigenvalue weighted by Crippen LogP contribution is 2.37. The molecule has 2 aliphatic rings. The first-order chi connectivity index (χ1) is 20.8. The van der Waals surface area contributed by atoms with Gasteiger partial charge in [-0.3, -0.25) is 19.4 Å². The average molecular weight is 583 g/mol. The minimum Gasteiger partial charge on any atom is -0.481 e. The molecule has 2 N–H and O–H groups in total. The van der Waals surface area contributed by atoms with Crippen molar-refractivity contribution in [3.8, 4) is 11.1 Å².